The van der Waals surface area contributed by atoms with Crippen LogP contribution in [0.4, 0.5) is 5.82 Å². The van der Waals surface area contributed by atoms with Crippen LogP contribution in [0.15, 0.2) is 35.6 Å². The van der Waals surface area contributed by atoms with E-state index in [1.165, 1.54) is 36.0 Å². The Balaban J connectivity index is 1.69. The fourth-order valence-corrected chi connectivity index (χ4v) is 2.69. The molecule has 1 aliphatic rings. The van der Waals surface area contributed by atoms with Crippen LogP contribution in [-0.4, -0.2) is 25.2 Å². The van der Waals surface area contributed by atoms with Gasteiger partial charge in [-0.05, 0) is 12.8 Å². The summed E-state index contributed by atoms with van der Waals surface area (Å²) in [5, 5.41) is 7.11. The molecule has 7 heteroatoms. The van der Waals surface area contributed by atoms with Gasteiger partial charge in [-0.15, -0.1) is 0 Å². The van der Waals surface area contributed by atoms with Gasteiger partial charge in [0.2, 0.25) is 5.91 Å². The Morgan fingerprint density at radius 3 is 2.86 bits per heavy atom. The van der Waals surface area contributed by atoms with Gasteiger partial charge in [-0.25, -0.2) is 9.67 Å². The Morgan fingerprint density at radius 2 is 2.10 bits per heavy atom. The van der Waals surface area contributed by atoms with Crippen LogP contribution < -0.4 is 10.9 Å². The highest BCUT2D eigenvalue weighted by atomic mass is 16.2. The average Bonchev–Trinajstić information content (AvgIpc) is 3.11. The molecule has 0 atom stereocenters. The maximum atomic E-state index is 12.1. The quantitative estimate of drug-likeness (QED) is 0.916. The lowest BCUT2D eigenvalue weighted by molar-refractivity contribution is -0.116. The van der Waals surface area contributed by atoms with Gasteiger partial charge in [-0.2, -0.15) is 5.10 Å². The number of amides is 1. The summed E-state index contributed by atoms with van der Waals surface area (Å²) in [6.07, 6.45) is 9.03. The summed E-state index contributed by atoms with van der Waals surface area (Å²) in [6, 6.07) is 3.47. The maximum Gasteiger partial charge on any atom is 0.253 e. The first kappa shape index (κ1) is 13.5. The zero-order valence-electron chi connectivity index (χ0n) is 11.6. The Hall–Kier alpha value is -2.44. The molecule has 1 N–H and O–H groups in total. The van der Waals surface area contributed by atoms with E-state index in [9.17, 15) is 9.59 Å². The van der Waals surface area contributed by atoms with E-state index in [1.54, 1.807) is 12.3 Å². The minimum atomic E-state index is -0.259. The first-order chi connectivity index (χ1) is 10.2. The summed E-state index contributed by atoms with van der Waals surface area (Å²) < 4.78 is 3.14. The van der Waals surface area contributed by atoms with Crippen LogP contribution in [-0.2, 0) is 11.3 Å². The van der Waals surface area contributed by atoms with Gasteiger partial charge in [0.1, 0.15) is 12.4 Å². The van der Waals surface area contributed by atoms with Crippen molar-refractivity contribution in [1.82, 2.24) is 19.3 Å². The lowest BCUT2D eigenvalue weighted by Gasteiger charge is -2.14. The van der Waals surface area contributed by atoms with E-state index in [0.717, 1.165) is 12.8 Å². The number of hydrogen-bond donors (Lipinski definition) is 1. The predicted octanol–water partition coefficient (Wildman–Crippen LogP) is 1.19. The highest BCUT2D eigenvalue weighted by molar-refractivity contribution is 5.89. The van der Waals surface area contributed by atoms with Gasteiger partial charge in [-0.1, -0.05) is 12.8 Å². The van der Waals surface area contributed by atoms with E-state index in [0.29, 0.717) is 11.9 Å². The van der Waals surface area contributed by atoms with Crippen LogP contribution in [0.2, 0.25) is 0 Å². The van der Waals surface area contributed by atoms with Crippen molar-refractivity contribution in [3.8, 4) is 0 Å². The van der Waals surface area contributed by atoms with Crippen molar-refractivity contribution in [2.45, 2.75) is 38.3 Å². The first-order valence-electron chi connectivity index (χ1n) is 7.08. The molecule has 0 saturated heterocycles. The minimum absolute atomic E-state index is 0.0531. The molecule has 2 aromatic rings. The van der Waals surface area contributed by atoms with Gasteiger partial charge in [0.15, 0.2) is 0 Å². The molecule has 2 aromatic heterocycles. The fourth-order valence-electron chi connectivity index (χ4n) is 2.69. The zero-order chi connectivity index (χ0) is 14.7. The SMILES string of the molecule is O=C(Cn1cnccc1=O)Nc1ccnn1C1CCCC1. The van der Waals surface area contributed by atoms with Crippen molar-refractivity contribution < 1.29 is 4.79 Å². The standard InChI is InChI=1S/C14H17N5O2/c20-13(9-18-10-15-7-6-14(18)21)17-12-5-8-16-19(12)11-3-1-2-4-11/h5-8,10-11H,1-4,9H2,(H,17,20). The lowest BCUT2D eigenvalue weighted by Crippen LogP contribution is -2.28. The van der Waals surface area contributed by atoms with Crippen LogP contribution in [0.1, 0.15) is 31.7 Å². The summed E-state index contributed by atoms with van der Waals surface area (Å²) in [7, 11) is 0. The number of carbonyl (C=O) groups excluding carboxylic acids is 1. The second kappa shape index (κ2) is 5.90. The van der Waals surface area contributed by atoms with Crippen molar-refractivity contribution in [3.05, 3.63) is 41.2 Å². The molecule has 1 saturated carbocycles. The Morgan fingerprint density at radius 1 is 1.29 bits per heavy atom. The summed E-state index contributed by atoms with van der Waals surface area (Å²) in [4.78, 5) is 27.5. The minimum Gasteiger partial charge on any atom is -0.309 e. The monoisotopic (exact) mass is 287 g/mol. The van der Waals surface area contributed by atoms with E-state index >= 15 is 0 Å². The second-order valence-corrected chi connectivity index (χ2v) is 5.19. The molecule has 1 aliphatic carbocycles. The fraction of sp³-hybridized carbons (Fsp3) is 0.429. The predicted molar refractivity (Wildman–Crippen MR) is 76.9 cm³/mol. The smallest absolute Gasteiger partial charge is 0.253 e. The summed E-state index contributed by atoms with van der Waals surface area (Å²) in [6.45, 7) is -0.0531. The summed E-state index contributed by atoms with van der Waals surface area (Å²) in [5.41, 5.74) is -0.246. The third-order valence-electron chi connectivity index (χ3n) is 3.71. The molecule has 21 heavy (non-hydrogen) atoms. The molecule has 0 aromatic carbocycles. The molecule has 0 aliphatic heterocycles. The van der Waals surface area contributed by atoms with Crippen molar-refractivity contribution >= 4 is 11.7 Å². The van der Waals surface area contributed by atoms with Crippen molar-refractivity contribution in [1.29, 1.82) is 0 Å². The van der Waals surface area contributed by atoms with E-state index in [-0.39, 0.29) is 18.0 Å². The largest absolute Gasteiger partial charge is 0.309 e. The number of hydrogen-bond acceptors (Lipinski definition) is 4. The van der Waals surface area contributed by atoms with Crippen LogP contribution in [0.25, 0.3) is 0 Å². The lowest BCUT2D eigenvalue weighted by atomic mass is 10.2. The molecule has 2 heterocycles. The van der Waals surface area contributed by atoms with Gasteiger partial charge in [-0.3, -0.25) is 14.2 Å². The molecule has 7 nitrogen and oxygen atoms in total. The molecule has 0 spiro atoms. The van der Waals surface area contributed by atoms with Crippen molar-refractivity contribution in [3.63, 3.8) is 0 Å². The van der Waals surface area contributed by atoms with Gasteiger partial charge < -0.3 is 5.32 Å². The van der Waals surface area contributed by atoms with Crippen LogP contribution in [0.5, 0.6) is 0 Å². The topological polar surface area (TPSA) is 81.8 Å². The average molecular weight is 287 g/mol. The normalized spacial score (nSPS) is 15.2. The number of nitrogens with one attached hydrogen (secondary N) is 1. The highest BCUT2D eigenvalue weighted by Gasteiger charge is 2.20. The molecule has 0 unspecified atom stereocenters. The van der Waals surface area contributed by atoms with Crippen molar-refractivity contribution in [2.75, 3.05) is 5.32 Å². The van der Waals surface area contributed by atoms with E-state index < -0.39 is 0 Å². The molecule has 110 valence electrons. The van der Waals surface area contributed by atoms with Gasteiger partial charge in [0.25, 0.3) is 5.56 Å². The highest BCUT2D eigenvalue weighted by Crippen LogP contribution is 2.31. The summed E-state index contributed by atoms with van der Waals surface area (Å²) in [5.74, 6) is 0.425. The summed E-state index contributed by atoms with van der Waals surface area (Å²) >= 11 is 0. The van der Waals surface area contributed by atoms with Gasteiger partial charge in [0, 0.05) is 18.3 Å². The van der Waals surface area contributed by atoms with Crippen LogP contribution in [0, 0.1) is 0 Å². The number of rotatable bonds is 4. The molecule has 3 rings (SSSR count). The van der Waals surface area contributed by atoms with Gasteiger partial charge in [0.05, 0.1) is 18.6 Å². The molecule has 0 radical (unpaired) electrons. The second-order valence-electron chi connectivity index (χ2n) is 5.19. The van der Waals surface area contributed by atoms with Gasteiger partial charge >= 0.3 is 0 Å². The van der Waals surface area contributed by atoms with E-state index in [2.05, 4.69) is 15.4 Å². The molecule has 0 bridgehead atoms. The van der Waals surface area contributed by atoms with E-state index in [1.807, 2.05) is 4.68 Å². The molecular formula is C14H17N5O2. The molecule has 1 amide bonds. The van der Waals surface area contributed by atoms with Crippen LogP contribution in [0.3, 0.4) is 0 Å². The zero-order valence-corrected chi connectivity index (χ0v) is 11.6. The van der Waals surface area contributed by atoms with Crippen molar-refractivity contribution in [2.24, 2.45) is 0 Å². The maximum absolute atomic E-state index is 12.1. The Kier molecular flexibility index (Phi) is 3.81. The third kappa shape index (κ3) is 3.01. The molecular weight excluding hydrogens is 270 g/mol. The number of carbonyl (C=O) groups is 1. The number of nitrogens with zero attached hydrogens (tertiary/aromatic N) is 4. The number of anilines is 1. The first-order valence-corrected chi connectivity index (χ1v) is 7.08. The Bertz CT molecular complexity index is 684. The third-order valence-corrected chi connectivity index (χ3v) is 3.71. The number of aromatic nitrogens is 4. The Labute approximate surface area is 121 Å². The van der Waals surface area contributed by atoms with Crippen LogP contribution >= 0.6 is 0 Å². The molecule has 1 fully saturated rings. The van der Waals surface area contributed by atoms with E-state index in [4.69, 9.17) is 0 Å².